The summed E-state index contributed by atoms with van der Waals surface area (Å²) in [7, 11) is 1.55. The predicted molar refractivity (Wildman–Crippen MR) is 72.0 cm³/mol. The second kappa shape index (κ2) is 6.43. The maximum absolute atomic E-state index is 11.1. The summed E-state index contributed by atoms with van der Waals surface area (Å²) in [5.74, 6) is 0.418. The number of aromatic carboxylic acids is 1. The van der Waals surface area contributed by atoms with E-state index in [4.69, 9.17) is 14.6 Å². The first-order valence-electron chi connectivity index (χ1n) is 6.43. The molecule has 19 heavy (non-hydrogen) atoms. The van der Waals surface area contributed by atoms with Crippen LogP contribution in [0, 0.1) is 5.92 Å². The molecule has 1 aromatic carbocycles. The first kappa shape index (κ1) is 13.7. The molecule has 0 bridgehead atoms. The maximum Gasteiger partial charge on any atom is 0.337 e. The Bertz CT molecular complexity index is 443. The van der Waals surface area contributed by atoms with Crippen molar-refractivity contribution >= 4 is 11.7 Å². The zero-order valence-corrected chi connectivity index (χ0v) is 11.0. The molecule has 0 aliphatic heterocycles. The zero-order valence-electron chi connectivity index (χ0n) is 11.0. The number of methoxy groups -OCH3 is 1. The van der Waals surface area contributed by atoms with Crippen LogP contribution in [0.5, 0.6) is 5.75 Å². The third-order valence-electron chi connectivity index (χ3n) is 3.07. The predicted octanol–water partition coefficient (Wildman–Crippen LogP) is 2.23. The molecule has 0 amide bonds. The molecule has 0 unspecified atom stereocenters. The third kappa shape index (κ3) is 4.13. The second-order valence-corrected chi connectivity index (χ2v) is 4.66. The van der Waals surface area contributed by atoms with Gasteiger partial charge in [0.1, 0.15) is 5.75 Å². The molecule has 0 spiro atoms. The first-order valence-corrected chi connectivity index (χ1v) is 6.43. The molecule has 1 aliphatic rings. The Morgan fingerprint density at radius 2 is 2.26 bits per heavy atom. The van der Waals surface area contributed by atoms with Crippen molar-refractivity contribution in [3.63, 3.8) is 0 Å². The summed E-state index contributed by atoms with van der Waals surface area (Å²) < 4.78 is 10.6. The van der Waals surface area contributed by atoms with Gasteiger partial charge in [0.05, 0.1) is 25.0 Å². The van der Waals surface area contributed by atoms with Gasteiger partial charge in [-0.3, -0.25) is 0 Å². The lowest BCUT2D eigenvalue weighted by atomic mass is 10.1. The van der Waals surface area contributed by atoms with E-state index in [0.717, 1.165) is 12.5 Å². The van der Waals surface area contributed by atoms with Crippen molar-refractivity contribution in [3.05, 3.63) is 23.8 Å². The number of hydrogen-bond donors (Lipinski definition) is 2. The molecule has 0 aromatic heterocycles. The number of carboxylic acid groups (broad SMARTS) is 1. The van der Waals surface area contributed by atoms with Gasteiger partial charge in [0.15, 0.2) is 0 Å². The number of carbonyl (C=O) groups is 1. The fourth-order valence-corrected chi connectivity index (χ4v) is 1.78. The Kier molecular flexibility index (Phi) is 4.63. The van der Waals surface area contributed by atoms with Crippen molar-refractivity contribution in [1.82, 2.24) is 0 Å². The van der Waals surface area contributed by atoms with E-state index in [2.05, 4.69) is 5.32 Å². The van der Waals surface area contributed by atoms with Gasteiger partial charge in [-0.05, 0) is 30.9 Å². The van der Waals surface area contributed by atoms with E-state index in [9.17, 15) is 4.79 Å². The van der Waals surface area contributed by atoms with E-state index in [1.807, 2.05) is 0 Å². The topological polar surface area (TPSA) is 67.8 Å². The van der Waals surface area contributed by atoms with Crippen LogP contribution in [-0.2, 0) is 4.74 Å². The standard InChI is InChI=1S/C14H19NO4/c1-18-11-4-5-12(14(16)17)13(8-11)15-6-7-19-9-10-2-3-10/h4-5,8,10,15H,2-3,6-7,9H2,1H3,(H,16,17). The van der Waals surface area contributed by atoms with Crippen molar-refractivity contribution in [1.29, 1.82) is 0 Å². The molecular weight excluding hydrogens is 246 g/mol. The van der Waals surface area contributed by atoms with Crippen LogP contribution in [0.3, 0.4) is 0 Å². The molecule has 1 aromatic rings. The lowest BCUT2D eigenvalue weighted by molar-refractivity contribution is 0.0697. The van der Waals surface area contributed by atoms with Gasteiger partial charge in [0.2, 0.25) is 0 Å². The summed E-state index contributed by atoms with van der Waals surface area (Å²) in [6.45, 7) is 1.97. The molecule has 1 aliphatic carbocycles. The van der Waals surface area contributed by atoms with Gasteiger partial charge >= 0.3 is 5.97 Å². The number of carboxylic acids is 1. The van der Waals surface area contributed by atoms with E-state index in [-0.39, 0.29) is 5.56 Å². The van der Waals surface area contributed by atoms with E-state index in [1.165, 1.54) is 18.9 Å². The van der Waals surface area contributed by atoms with Gasteiger partial charge in [-0.2, -0.15) is 0 Å². The van der Waals surface area contributed by atoms with Crippen molar-refractivity contribution < 1.29 is 19.4 Å². The lowest BCUT2D eigenvalue weighted by Crippen LogP contribution is -2.13. The van der Waals surface area contributed by atoms with Crippen LogP contribution < -0.4 is 10.1 Å². The zero-order chi connectivity index (χ0) is 13.7. The van der Waals surface area contributed by atoms with E-state index in [1.54, 1.807) is 19.2 Å². The smallest absolute Gasteiger partial charge is 0.337 e. The molecule has 1 saturated carbocycles. The Labute approximate surface area is 112 Å². The number of nitrogens with one attached hydrogen (secondary N) is 1. The minimum absolute atomic E-state index is 0.239. The fraction of sp³-hybridized carbons (Fsp3) is 0.500. The van der Waals surface area contributed by atoms with Crippen LogP contribution in [0.2, 0.25) is 0 Å². The van der Waals surface area contributed by atoms with Gasteiger partial charge in [0, 0.05) is 19.2 Å². The fourth-order valence-electron chi connectivity index (χ4n) is 1.78. The summed E-state index contributed by atoms with van der Waals surface area (Å²) in [5, 5.41) is 12.2. The molecule has 0 saturated heterocycles. The Hall–Kier alpha value is -1.75. The van der Waals surface area contributed by atoms with Gasteiger partial charge < -0.3 is 19.9 Å². The number of ether oxygens (including phenoxy) is 2. The molecular formula is C14H19NO4. The SMILES string of the molecule is COc1ccc(C(=O)O)c(NCCOCC2CC2)c1. The number of benzene rings is 1. The highest BCUT2D eigenvalue weighted by Gasteiger charge is 2.20. The summed E-state index contributed by atoms with van der Waals surface area (Å²) in [6.07, 6.45) is 2.54. The van der Waals surface area contributed by atoms with Crippen LogP contribution in [-0.4, -0.2) is 37.9 Å². The quantitative estimate of drug-likeness (QED) is 0.705. The Balaban J connectivity index is 1.86. The highest BCUT2D eigenvalue weighted by Crippen LogP contribution is 2.28. The molecule has 5 heteroatoms. The summed E-state index contributed by atoms with van der Waals surface area (Å²) >= 11 is 0. The first-order chi connectivity index (χ1) is 9.20. The molecule has 104 valence electrons. The van der Waals surface area contributed by atoms with Crippen molar-refractivity contribution in [2.75, 3.05) is 32.2 Å². The van der Waals surface area contributed by atoms with E-state index in [0.29, 0.717) is 24.6 Å². The number of anilines is 1. The molecule has 0 radical (unpaired) electrons. The van der Waals surface area contributed by atoms with E-state index >= 15 is 0 Å². The van der Waals surface area contributed by atoms with Crippen molar-refractivity contribution in [2.45, 2.75) is 12.8 Å². The van der Waals surface area contributed by atoms with Gasteiger partial charge in [-0.15, -0.1) is 0 Å². The van der Waals surface area contributed by atoms with Crippen LogP contribution in [0.15, 0.2) is 18.2 Å². The van der Waals surface area contributed by atoms with Crippen LogP contribution in [0.4, 0.5) is 5.69 Å². The maximum atomic E-state index is 11.1. The normalized spacial score (nSPS) is 14.2. The number of hydrogen-bond acceptors (Lipinski definition) is 4. The largest absolute Gasteiger partial charge is 0.497 e. The highest BCUT2D eigenvalue weighted by molar-refractivity contribution is 5.94. The molecule has 2 N–H and O–H groups in total. The molecule has 1 fully saturated rings. The van der Waals surface area contributed by atoms with Crippen molar-refractivity contribution in [2.24, 2.45) is 5.92 Å². The highest BCUT2D eigenvalue weighted by atomic mass is 16.5. The van der Waals surface area contributed by atoms with Gasteiger partial charge in [-0.25, -0.2) is 4.79 Å². The van der Waals surface area contributed by atoms with E-state index < -0.39 is 5.97 Å². The second-order valence-electron chi connectivity index (χ2n) is 4.66. The minimum Gasteiger partial charge on any atom is -0.497 e. The minimum atomic E-state index is -0.955. The third-order valence-corrected chi connectivity index (χ3v) is 3.07. The van der Waals surface area contributed by atoms with Gasteiger partial charge in [0.25, 0.3) is 0 Å². The van der Waals surface area contributed by atoms with Crippen LogP contribution >= 0.6 is 0 Å². The summed E-state index contributed by atoms with van der Waals surface area (Å²) in [4.78, 5) is 11.1. The molecule has 0 atom stereocenters. The van der Waals surface area contributed by atoms with Crippen LogP contribution in [0.25, 0.3) is 0 Å². The van der Waals surface area contributed by atoms with Gasteiger partial charge in [-0.1, -0.05) is 0 Å². The Morgan fingerprint density at radius 3 is 2.89 bits per heavy atom. The number of rotatable bonds is 8. The Morgan fingerprint density at radius 1 is 1.47 bits per heavy atom. The molecule has 0 heterocycles. The summed E-state index contributed by atoms with van der Waals surface area (Å²) in [6, 6.07) is 4.86. The van der Waals surface area contributed by atoms with Crippen molar-refractivity contribution in [3.8, 4) is 5.75 Å². The molecule has 2 rings (SSSR count). The average molecular weight is 265 g/mol. The monoisotopic (exact) mass is 265 g/mol. The molecule has 5 nitrogen and oxygen atoms in total. The summed E-state index contributed by atoms with van der Waals surface area (Å²) in [5.41, 5.74) is 0.796. The lowest BCUT2D eigenvalue weighted by Gasteiger charge is -2.11. The van der Waals surface area contributed by atoms with Crippen LogP contribution in [0.1, 0.15) is 23.2 Å². The average Bonchev–Trinajstić information content (AvgIpc) is 3.22.